The van der Waals surface area contributed by atoms with Gasteiger partial charge in [0.15, 0.2) is 0 Å². The summed E-state index contributed by atoms with van der Waals surface area (Å²) in [5, 5.41) is 2.68. The Morgan fingerprint density at radius 3 is 2.48 bits per heavy atom. The fourth-order valence-electron chi connectivity index (χ4n) is 4.94. The summed E-state index contributed by atoms with van der Waals surface area (Å²) in [6.45, 7) is 2.18. The highest BCUT2D eigenvalue weighted by Gasteiger charge is 2.55. The van der Waals surface area contributed by atoms with E-state index in [2.05, 4.69) is 10.2 Å². The number of anilines is 2. The van der Waals surface area contributed by atoms with Crippen molar-refractivity contribution >= 4 is 35.2 Å². The largest absolute Gasteiger partial charge is 0.465 e. The number of urea groups is 1. The van der Waals surface area contributed by atoms with Crippen LogP contribution >= 0.6 is 0 Å². The monoisotopic (exact) mass is 458 g/mol. The van der Waals surface area contributed by atoms with Gasteiger partial charge in [-0.1, -0.05) is 19.3 Å². The van der Waals surface area contributed by atoms with E-state index in [1.807, 2.05) is 6.07 Å². The lowest BCUT2D eigenvalue weighted by molar-refractivity contribution is -0.136. The number of morpholine rings is 1. The second-order valence-corrected chi connectivity index (χ2v) is 8.69. The van der Waals surface area contributed by atoms with Crippen molar-refractivity contribution in [2.45, 2.75) is 37.6 Å². The van der Waals surface area contributed by atoms with E-state index >= 15 is 0 Å². The Hall–Kier alpha value is -3.14. The first-order valence-electron chi connectivity index (χ1n) is 11.3. The maximum absolute atomic E-state index is 13.1. The second-order valence-electron chi connectivity index (χ2n) is 8.69. The average molecular weight is 459 g/mol. The van der Waals surface area contributed by atoms with Crippen LogP contribution in [0.5, 0.6) is 0 Å². The van der Waals surface area contributed by atoms with Gasteiger partial charge in [0.2, 0.25) is 5.91 Å². The molecule has 0 atom stereocenters. The number of likely N-dealkylation sites (N-methyl/N-ethyl adjacent to an activating group) is 1. The van der Waals surface area contributed by atoms with Gasteiger partial charge in [0.05, 0.1) is 31.6 Å². The van der Waals surface area contributed by atoms with Crippen molar-refractivity contribution in [2.75, 3.05) is 57.2 Å². The molecule has 178 valence electrons. The highest BCUT2D eigenvalue weighted by molar-refractivity contribution is 6.10. The number of hydrogen-bond donors (Lipinski definition) is 1. The van der Waals surface area contributed by atoms with E-state index in [4.69, 9.17) is 9.47 Å². The Morgan fingerprint density at radius 1 is 1.12 bits per heavy atom. The molecular formula is C23H30N4O6. The van der Waals surface area contributed by atoms with Gasteiger partial charge in [0, 0.05) is 25.8 Å². The van der Waals surface area contributed by atoms with Crippen LogP contribution in [0.3, 0.4) is 0 Å². The topological polar surface area (TPSA) is 108 Å². The van der Waals surface area contributed by atoms with Gasteiger partial charge < -0.3 is 24.6 Å². The molecule has 33 heavy (non-hydrogen) atoms. The number of imide groups is 1. The van der Waals surface area contributed by atoms with Crippen molar-refractivity contribution in [3.8, 4) is 0 Å². The Morgan fingerprint density at radius 2 is 1.82 bits per heavy atom. The molecule has 0 bridgehead atoms. The van der Waals surface area contributed by atoms with E-state index in [0.717, 1.165) is 29.8 Å². The molecular weight excluding hydrogens is 428 g/mol. The molecule has 1 aromatic carbocycles. The lowest BCUT2D eigenvalue weighted by Gasteiger charge is -2.35. The van der Waals surface area contributed by atoms with Gasteiger partial charge in [0.1, 0.15) is 12.1 Å². The number of nitrogens with one attached hydrogen (secondary N) is 1. The molecule has 0 radical (unpaired) electrons. The summed E-state index contributed by atoms with van der Waals surface area (Å²) in [5.74, 6) is -1.46. The third kappa shape index (κ3) is 4.27. The number of ether oxygens (including phenoxy) is 2. The minimum Gasteiger partial charge on any atom is -0.465 e. The first-order chi connectivity index (χ1) is 15.9. The number of methoxy groups -OCH3 is 1. The smallest absolute Gasteiger partial charge is 0.340 e. The number of hydrogen-bond acceptors (Lipinski definition) is 7. The van der Waals surface area contributed by atoms with Gasteiger partial charge in [-0.3, -0.25) is 14.5 Å². The van der Waals surface area contributed by atoms with E-state index in [9.17, 15) is 19.2 Å². The molecule has 1 aromatic rings. The van der Waals surface area contributed by atoms with Crippen LogP contribution in [0, 0.1) is 0 Å². The fourth-order valence-corrected chi connectivity index (χ4v) is 4.94. The van der Waals surface area contributed by atoms with Crippen LogP contribution < -0.4 is 10.2 Å². The summed E-state index contributed by atoms with van der Waals surface area (Å²) < 4.78 is 10.3. The quantitative estimate of drug-likeness (QED) is 0.530. The normalized spacial score (nSPS) is 20.4. The minimum absolute atomic E-state index is 0.204. The lowest BCUT2D eigenvalue weighted by atomic mass is 9.81. The zero-order valence-corrected chi connectivity index (χ0v) is 19.1. The van der Waals surface area contributed by atoms with Crippen molar-refractivity contribution in [3.05, 3.63) is 23.8 Å². The number of amides is 4. The molecule has 0 aromatic heterocycles. The molecule has 2 aliphatic heterocycles. The Labute approximate surface area is 192 Å². The summed E-state index contributed by atoms with van der Waals surface area (Å²) in [4.78, 5) is 55.7. The number of nitrogens with zero attached hydrogens (tertiary/aromatic N) is 3. The van der Waals surface area contributed by atoms with Crippen LogP contribution in [0.1, 0.15) is 42.5 Å². The first-order valence-corrected chi connectivity index (χ1v) is 11.3. The second kappa shape index (κ2) is 9.38. The third-order valence-corrected chi connectivity index (χ3v) is 6.84. The predicted octanol–water partition coefficient (Wildman–Crippen LogP) is 1.85. The number of carbonyl (C=O) groups excluding carboxylic acids is 4. The van der Waals surface area contributed by atoms with E-state index < -0.39 is 30.0 Å². The van der Waals surface area contributed by atoms with Crippen molar-refractivity contribution in [1.82, 2.24) is 9.80 Å². The maximum Gasteiger partial charge on any atom is 0.340 e. The highest BCUT2D eigenvalue weighted by Crippen LogP contribution is 2.39. The van der Waals surface area contributed by atoms with Crippen molar-refractivity contribution in [2.24, 2.45) is 0 Å². The standard InChI is InChI=1S/C23H30N4O6/c1-25-22(31)27(21(30)23(25)8-4-3-5-9-23)15-19(28)24-18-7-6-16(14-17(18)20(29)32-2)26-10-12-33-13-11-26/h6-7,14H,3-5,8-13,15H2,1-2H3,(H,24,28). The number of benzene rings is 1. The number of carbonyl (C=O) groups is 4. The SMILES string of the molecule is COC(=O)c1cc(N2CCOCC2)ccc1NC(=O)CN1C(=O)N(C)C2(CCCCC2)C1=O. The highest BCUT2D eigenvalue weighted by atomic mass is 16.5. The maximum atomic E-state index is 13.1. The summed E-state index contributed by atoms with van der Waals surface area (Å²) in [5.41, 5.74) is 0.452. The van der Waals surface area contributed by atoms with E-state index in [1.165, 1.54) is 12.0 Å². The first kappa shape index (κ1) is 23.0. The molecule has 1 N–H and O–H groups in total. The van der Waals surface area contributed by atoms with Crippen LogP contribution in [0.25, 0.3) is 0 Å². The molecule has 3 aliphatic rings. The predicted molar refractivity (Wildman–Crippen MR) is 120 cm³/mol. The molecule has 1 spiro atoms. The lowest BCUT2D eigenvalue weighted by Crippen LogP contribution is -2.49. The molecule has 2 saturated heterocycles. The third-order valence-electron chi connectivity index (χ3n) is 6.84. The Balaban J connectivity index is 1.50. The van der Waals surface area contributed by atoms with Crippen LogP contribution in [0.15, 0.2) is 18.2 Å². The minimum atomic E-state index is -0.841. The molecule has 10 nitrogen and oxygen atoms in total. The van der Waals surface area contributed by atoms with Crippen LogP contribution in [0.2, 0.25) is 0 Å². The molecule has 4 rings (SSSR count). The Kier molecular flexibility index (Phi) is 6.55. The number of rotatable bonds is 5. The van der Waals surface area contributed by atoms with E-state index in [0.29, 0.717) is 39.1 Å². The zero-order chi connectivity index (χ0) is 23.6. The average Bonchev–Trinajstić information content (AvgIpc) is 3.01. The molecule has 3 fully saturated rings. The van der Waals surface area contributed by atoms with Gasteiger partial charge in [-0.15, -0.1) is 0 Å². The van der Waals surface area contributed by atoms with Gasteiger partial charge in [-0.25, -0.2) is 9.59 Å². The van der Waals surface area contributed by atoms with Gasteiger partial charge in [-0.05, 0) is 31.0 Å². The van der Waals surface area contributed by atoms with E-state index in [1.54, 1.807) is 19.2 Å². The van der Waals surface area contributed by atoms with Gasteiger partial charge in [-0.2, -0.15) is 0 Å². The Bertz CT molecular complexity index is 952. The molecule has 0 unspecified atom stereocenters. The molecule has 1 aliphatic carbocycles. The summed E-state index contributed by atoms with van der Waals surface area (Å²) >= 11 is 0. The summed E-state index contributed by atoms with van der Waals surface area (Å²) in [7, 11) is 2.90. The van der Waals surface area contributed by atoms with Gasteiger partial charge in [0.25, 0.3) is 5.91 Å². The zero-order valence-electron chi connectivity index (χ0n) is 19.1. The molecule has 10 heteroatoms. The molecule has 1 saturated carbocycles. The van der Waals surface area contributed by atoms with E-state index in [-0.39, 0.29) is 17.2 Å². The van der Waals surface area contributed by atoms with Crippen LogP contribution in [-0.4, -0.2) is 86.2 Å². The van der Waals surface area contributed by atoms with Crippen LogP contribution in [-0.2, 0) is 19.1 Å². The van der Waals surface area contributed by atoms with Crippen molar-refractivity contribution in [1.29, 1.82) is 0 Å². The molecule has 2 heterocycles. The van der Waals surface area contributed by atoms with Gasteiger partial charge >= 0.3 is 12.0 Å². The summed E-state index contributed by atoms with van der Waals surface area (Å²) in [6.07, 6.45) is 4.01. The van der Waals surface area contributed by atoms with Crippen LogP contribution in [0.4, 0.5) is 16.2 Å². The molecule has 4 amide bonds. The fraction of sp³-hybridized carbons (Fsp3) is 0.565. The number of esters is 1. The van der Waals surface area contributed by atoms with Crippen molar-refractivity contribution in [3.63, 3.8) is 0 Å². The summed E-state index contributed by atoms with van der Waals surface area (Å²) in [6, 6.07) is 4.65. The van der Waals surface area contributed by atoms with Crippen molar-refractivity contribution < 1.29 is 28.7 Å².